The number of phenols is 2. The minimum atomic E-state index is -0.368. The molecule has 0 bridgehead atoms. The molecule has 0 fully saturated rings. The van der Waals surface area contributed by atoms with E-state index >= 15 is 0 Å². The summed E-state index contributed by atoms with van der Waals surface area (Å²) in [5, 5.41) is 18.7. The molecule has 0 spiro atoms. The molecular formula is C10H10O4. The van der Waals surface area contributed by atoms with Crippen LogP contribution in [0.4, 0.5) is 0 Å². The minimum absolute atomic E-state index is 0.00694. The number of carbonyl (C=O) groups is 2. The first-order valence-electron chi connectivity index (χ1n) is 4.01. The third-order valence-corrected chi connectivity index (χ3v) is 1.87. The molecule has 1 aromatic carbocycles. The SMILES string of the molecule is CC(=O)c1cc(O)c(C(C)=O)cc1O. The number of benzene rings is 1. The summed E-state index contributed by atoms with van der Waals surface area (Å²) < 4.78 is 0. The lowest BCUT2D eigenvalue weighted by atomic mass is 10.0. The maximum atomic E-state index is 10.9. The van der Waals surface area contributed by atoms with Crippen LogP contribution in [0.2, 0.25) is 0 Å². The average Bonchev–Trinajstić information content (AvgIpc) is 2.07. The zero-order valence-corrected chi connectivity index (χ0v) is 7.87. The van der Waals surface area contributed by atoms with Gasteiger partial charge in [0.15, 0.2) is 11.6 Å². The second-order valence-electron chi connectivity index (χ2n) is 3.00. The van der Waals surface area contributed by atoms with Crippen molar-refractivity contribution in [2.24, 2.45) is 0 Å². The van der Waals surface area contributed by atoms with Crippen molar-refractivity contribution < 1.29 is 19.8 Å². The molecule has 1 aromatic rings. The zero-order chi connectivity index (χ0) is 10.9. The molecule has 1 rings (SSSR count). The second kappa shape index (κ2) is 3.49. The highest BCUT2D eigenvalue weighted by Crippen LogP contribution is 2.27. The predicted molar refractivity (Wildman–Crippen MR) is 49.8 cm³/mol. The smallest absolute Gasteiger partial charge is 0.163 e. The van der Waals surface area contributed by atoms with Crippen molar-refractivity contribution in [2.45, 2.75) is 13.8 Å². The van der Waals surface area contributed by atoms with E-state index in [1.54, 1.807) is 0 Å². The lowest BCUT2D eigenvalue weighted by Crippen LogP contribution is -1.98. The highest BCUT2D eigenvalue weighted by atomic mass is 16.3. The Morgan fingerprint density at radius 2 is 1.21 bits per heavy atom. The Kier molecular flexibility index (Phi) is 2.56. The molecule has 0 atom stereocenters. The molecule has 2 N–H and O–H groups in total. The van der Waals surface area contributed by atoms with Crippen molar-refractivity contribution >= 4 is 11.6 Å². The van der Waals surface area contributed by atoms with Gasteiger partial charge in [-0.25, -0.2) is 0 Å². The third-order valence-electron chi connectivity index (χ3n) is 1.87. The van der Waals surface area contributed by atoms with Gasteiger partial charge in [0.2, 0.25) is 0 Å². The van der Waals surface area contributed by atoms with Gasteiger partial charge >= 0.3 is 0 Å². The van der Waals surface area contributed by atoms with Gasteiger partial charge in [-0.1, -0.05) is 0 Å². The summed E-state index contributed by atoms with van der Waals surface area (Å²) >= 11 is 0. The van der Waals surface area contributed by atoms with Crippen LogP contribution in [0.5, 0.6) is 11.5 Å². The number of ketones is 2. The van der Waals surface area contributed by atoms with Crippen molar-refractivity contribution in [3.63, 3.8) is 0 Å². The van der Waals surface area contributed by atoms with Crippen molar-refractivity contribution in [3.8, 4) is 11.5 Å². The van der Waals surface area contributed by atoms with Gasteiger partial charge in [0.1, 0.15) is 11.5 Å². The summed E-state index contributed by atoms with van der Waals surface area (Å²) in [6.45, 7) is 2.53. The summed E-state index contributed by atoms with van der Waals surface area (Å²) in [6, 6.07) is 2.18. The summed E-state index contributed by atoms with van der Waals surface area (Å²) in [7, 11) is 0. The fourth-order valence-electron chi connectivity index (χ4n) is 1.14. The predicted octanol–water partition coefficient (Wildman–Crippen LogP) is 1.50. The van der Waals surface area contributed by atoms with Crippen LogP contribution in [0.25, 0.3) is 0 Å². The molecule has 0 aliphatic rings. The van der Waals surface area contributed by atoms with Crippen LogP contribution in [-0.4, -0.2) is 21.8 Å². The largest absolute Gasteiger partial charge is 0.507 e. The number of hydrogen-bond acceptors (Lipinski definition) is 4. The second-order valence-corrected chi connectivity index (χ2v) is 3.00. The molecular weight excluding hydrogens is 184 g/mol. The van der Waals surface area contributed by atoms with E-state index in [-0.39, 0.29) is 34.2 Å². The van der Waals surface area contributed by atoms with Gasteiger partial charge in [0.25, 0.3) is 0 Å². The molecule has 0 heterocycles. The minimum Gasteiger partial charge on any atom is -0.507 e. The molecule has 0 aromatic heterocycles. The Balaban J connectivity index is 3.38. The molecule has 14 heavy (non-hydrogen) atoms. The monoisotopic (exact) mass is 194 g/mol. The zero-order valence-electron chi connectivity index (χ0n) is 7.87. The van der Waals surface area contributed by atoms with Crippen molar-refractivity contribution in [3.05, 3.63) is 23.3 Å². The number of carbonyl (C=O) groups excluding carboxylic acids is 2. The number of hydrogen-bond donors (Lipinski definition) is 2. The number of rotatable bonds is 2. The van der Waals surface area contributed by atoms with Crippen LogP contribution >= 0.6 is 0 Å². The third kappa shape index (κ3) is 1.74. The van der Waals surface area contributed by atoms with E-state index in [1.807, 2.05) is 0 Å². The number of Topliss-reactive ketones (excluding diaryl/α,β-unsaturated/α-hetero) is 2. The maximum absolute atomic E-state index is 10.9. The van der Waals surface area contributed by atoms with Gasteiger partial charge in [-0.3, -0.25) is 9.59 Å². The molecule has 0 unspecified atom stereocenters. The van der Waals surface area contributed by atoms with Crippen molar-refractivity contribution in [1.29, 1.82) is 0 Å². The van der Waals surface area contributed by atoms with Gasteiger partial charge in [0, 0.05) is 0 Å². The summed E-state index contributed by atoms with van der Waals surface area (Å²) in [5.74, 6) is -1.32. The molecule has 0 saturated carbocycles. The first-order valence-corrected chi connectivity index (χ1v) is 4.01. The van der Waals surface area contributed by atoms with E-state index in [2.05, 4.69) is 0 Å². The standard InChI is InChI=1S/C10H10O4/c1-5(11)7-3-10(14)8(6(2)12)4-9(7)13/h3-4,13-14H,1-2H3. The average molecular weight is 194 g/mol. The lowest BCUT2D eigenvalue weighted by Gasteiger charge is -2.05. The van der Waals surface area contributed by atoms with Crippen LogP contribution in [0.15, 0.2) is 12.1 Å². The van der Waals surface area contributed by atoms with Gasteiger partial charge in [0.05, 0.1) is 11.1 Å². The van der Waals surface area contributed by atoms with Crippen LogP contribution < -0.4 is 0 Å². The van der Waals surface area contributed by atoms with Gasteiger partial charge in [-0.15, -0.1) is 0 Å². The summed E-state index contributed by atoms with van der Waals surface area (Å²) in [5.41, 5.74) is 0.0139. The Bertz CT molecular complexity index is 367. The van der Waals surface area contributed by atoms with E-state index in [9.17, 15) is 19.8 Å². The van der Waals surface area contributed by atoms with Crippen LogP contribution in [0.1, 0.15) is 34.6 Å². The van der Waals surface area contributed by atoms with Gasteiger partial charge in [-0.05, 0) is 26.0 Å². The lowest BCUT2D eigenvalue weighted by molar-refractivity contribution is 0.0996. The van der Waals surface area contributed by atoms with E-state index in [0.717, 1.165) is 12.1 Å². The first-order chi connectivity index (χ1) is 6.43. The summed E-state index contributed by atoms with van der Waals surface area (Å²) in [6.07, 6.45) is 0. The van der Waals surface area contributed by atoms with Crippen LogP contribution in [0.3, 0.4) is 0 Å². The van der Waals surface area contributed by atoms with Gasteiger partial charge in [-0.2, -0.15) is 0 Å². The van der Waals surface area contributed by atoms with Crippen molar-refractivity contribution in [1.82, 2.24) is 0 Å². The fourth-order valence-corrected chi connectivity index (χ4v) is 1.14. The number of aromatic hydroxyl groups is 2. The van der Waals surface area contributed by atoms with Crippen LogP contribution in [-0.2, 0) is 0 Å². The topological polar surface area (TPSA) is 74.6 Å². The molecule has 4 nitrogen and oxygen atoms in total. The van der Waals surface area contributed by atoms with E-state index in [1.165, 1.54) is 13.8 Å². The Labute approximate surface area is 80.8 Å². The maximum Gasteiger partial charge on any atom is 0.163 e. The quantitative estimate of drug-likeness (QED) is 0.552. The van der Waals surface area contributed by atoms with Crippen LogP contribution in [0, 0.1) is 0 Å². The Morgan fingerprint density at radius 3 is 1.43 bits per heavy atom. The highest BCUT2D eigenvalue weighted by Gasteiger charge is 2.14. The summed E-state index contributed by atoms with van der Waals surface area (Å²) in [4.78, 5) is 21.9. The fraction of sp³-hybridized carbons (Fsp3) is 0.200. The van der Waals surface area contributed by atoms with Crippen molar-refractivity contribution in [2.75, 3.05) is 0 Å². The van der Waals surface area contributed by atoms with Gasteiger partial charge < -0.3 is 10.2 Å². The molecule has 0 saturated heterocycles. The molecule has 74 valence electrons. The Hall–Kier alpha value is -1.84. The Morgan fingerprint density at radius 1 is 0.929 bits per heavy atom. The molecule has 4 heteroatoms. The number of phenolic OH excluding ortho intramolecular Hbond substituents is 2. The van der Waals surface area contributed by atoms with E-state index < -0.39 is 0 Å². The molecule has 0 amide bonds. The van der Waals surface area contributed by atoms with E-state index in [0.29, 0.717) is 0 Å². The van der Waals surface area contributed by atoms with E-state index in [4.69, 9.17) is 0 Å². The first kappa shape index (κ1) is 10.2. The molecule has 0 radical (unpaired) electrons. The molecule has 0 aliphatic heterocycles. The molecule has 0 aliphatic carbocycles. The highest BCUT2D eigenvalue weighted by molar-refractivity contribution is 6.02. The normalized spacial score (nSPS) is 9.86.